The Morgan fingerprint density at radius 2 is 2.29 bits per heavy atom. The molecular formula is C19H23N3O4S2. The minimum absolute atomic E-state index is 0.0905. The molecule has 0 spiro atoms. The number of hydrogen-bond acceptors (Lipinski definition) is 7. The molecule has 9 heteroatoms. The van der Waals surface area contributed by atoms with Crippen LogP contribution in [0.4, 0.5) is 0 Å². The SMILES string of the molecule is CC[C@H](O)[C@@H]1C(=O)N2C(C(=O)O)=C(S[C@H]3CCN(Cc4ccccn4)C3)S[C@H]12. The van der Waals surface area contributed by atoms with Gasteiger partial charge in [0.25, 0.3) is 0 Å². The number of carboxylic acids is 1. The van der Waals surface area contributed by atoms with Crippen molar-refractivity contribution in [3.63, 3.8) is 0 Å². The van der Waals surface area contributed by atoms with E-state index in [1.165, 1.54) is 16.7 Å². The molecule has 0 aromatic carbocycles. The third kappa shape index (κ3) is 3.56. The summed E-state index contributed by atoms with van der Waals surface area (Å²) in [5.41, 5.74) is 1.12. The molecule has 0 unspecified atom stereocenters. The summed E-state index contributed by atoms with van der Waals surface area (Å²) in [4.78, 5) is 32.3. The van der Waals surface area contributed by atoms with Gasteiger partial charge < -0.3 is 10.2 Å². The summed E-state index contributed by atoms with van der Waals surface area (Å²) in [6.45, 7) is 4.42. The average molecular weight is 422 g/mol. The van der Waals surface area contributed by atoms with Crippen molar-refractivity contribution in [2.45, 2.75) is 43.0 Å². The van der Waals surface area contributed by atoms with Crippen molar-refractivity contribution in [2.75, 3.05) is 13.1 Å². The van der Waals surface area contributed by atoms with E-state index in [0.29, 0.717) is 10.7 Å². The molecule has 2 fully saturated rings. The number of aromatic nitrogens is 1. The first-order valence-electron chi connectivity index (χ1n) is 9.44. The van der Waals surface area contributed by atoms with Crippen LogP contribution in [-0.4, -0.2) is 66.7 Å². The molecule has 0 radical (unpaired) electrons. The number of likely N-dealkylation sites (tertiary alicyclic amines) is 1. The van der Waals surface area contributed by atoms with Gasteiger partial charge in [0.1, 0.15) is 5.37 Å². The second-order valence-electron chi connectivity index (χ2n) is 7.24. The van der Waals surface area contributed by atoms with E-state index in [4.69, 9.17) is 0 Å². The summed E-state index contributed by atoms with van der Waals surface area (Å²) in [5.74, 6) is -1.85. The molecule has 4 rings (SSSR count). The third-order valence-corrected chi connectivity index (χ3v) is 8.25. The second-order valence-corrected chi connectivity index (χ2v) is 9.94. The van der Waals surface area contributed by atoms with Crippen molar-refractivity contribution in [1.29, 1.82) is 0 Å². The fraction of sp³-hybridized carbons (Fsp3) is 0.526. The number of pyridine rings is 1. The van der Waals surface area contributed by atoms with Crippen LogP contribution >= 0.6 is 23.5 Å². The van der Waals surface area contributed by atoms with Crippen molar-refractivity contribution >= 4 is 35.4 Å². The number of amides is 1. The monoisotopic (exact) mass is 421 g/mol. The van der Waals surface area contributed by atoms with Crippen molar-refractivity contribution in [1.82, 2.24) is 14.8 Å². The lowest BCUT2D eigenvalue weighted by Crippen LogP contribution is -2.61. The zero-order valence-electron chi connectivity index (χ0n) is 15.5. The minimum Gasteiger partial charge on any atom is -0.477 e. The number of carbonyl (C=O) groups excluding carboxylic acids is 1. The highest BCUT2D eigenvalue weighted by Crippen LogP contribution is 2.55. The summed E-state index contributed by atoms with van der Waals surface area (Å²) in [6, 6.07) is 5.89. The number of aliphatic carboxylic acids is 1. The van der Waals surface area contributed by atoms with Gasteiger partial charge in [-0.2, -0.15) is 0 Å². The van der Waals surface area contributed by atoms with Gasteiger partial charge in [-0.05, 0) is 31.5 Å². The Morgan fingerprint density at radius 3 is 2.96 bits per heavy atom. The highest BCUT2D eigenvalue weighted by Gasteiger charge is 2.58. The molecule has 150 valence electrons. The van der Waals surface area contributed by atoms with Crippen LogP contribution in [0, 0.1) is 5.92 Å². The second kappa shape index (κ2) is 8.06. The van der Waals surface area contributed by atoms with Gasteiger partial charge in [-0.15, -0.1) is 11.8 Å². The number of hydrogen-bond donors (Lipinski definition) is 2. The van der Waals surface area contributed by atoms with Crippen molar-refractivity contribution in [2.24, 2.45) is 5.92 Å². The van der Waals surface area contributed by atoms with Crippen LogP contribution in [0.2, 0.25) is 0 Å². The third-order valence-electron chi connectivity index (χ3n) is 5.40. The van der Waals surface area contributed by atoms with Crippen LogP contribution in [0.15, 0.2) is 34.3 Å². The van der Waals surface area contributed by atoms with E-state index < -0.39 is 18.0 Å². The maximum Gasteiger partial charge on any atom is 0.354 e. The smallest absolute Gasteiger partial charge is 0.354 e. The lowest BCUT2D eigenvalue weighted by Gasteiger charge is -2.44. The largest absolute Gasteiger partial charge is 0.477 e. The summed E-state index contributed by atoms with van der Waals surface area (Å²) in [5, 5.41) is 19.8. The van der Waals surface area contributed by atoms with E-state index in [-0.39, 0.29) is 22.2 Å². The molecule has 3 aliphatic rings. The molecule has 3 aliphatic heterocycles. The quantitative estimate of drug-likeness (QED) is 0.645. The number of aliphatic hydroxyl groups is 1. The normalized spacial score (nSPS) is 28.4. The number of thioether (sulfide) groups is 2. The Hall–Kier alpha value is -1.55. The van der Waals surface area contributed by atoms with Crippen LogP contribution in [0.1, 0.15) is 25.5 Å². The standard InChI is InChI=1S/C19H23N3O4S2/c1-2-13(23)14-16(24)22-15(18(25)26)19(28-17(14)22)27-12-6-8-21(10-12)9-11-5-3-4-7-20-11/h3-5,7,12-14,17,23H,2,6,8-10H2,1H3,(H,25,26)/t12-,13-,14+,17+/m0/s1. The molecule has 4 atom stereocenters. The molecule has 2 saturated heterocycles. The highest BCUT2D eigenvalue weighted by molar-refractivity contribution is 8.23. The summed E-state index contributed by atoms with van der Waals surface area (Å²) >= 11 is 2.98. The molecule has 0 bridgehead atoms. The van der Waals surface area contributed by atoms with Gasteiger partial charge in [0.2, 0.25) is 5.91 Å². The molecule has 7 nitrogen and oxygen atoms in total. The Kier molecular flexibility index (Phi) is 5.69. The molecule has 1 aromatic heterocycles. The first-order valence-corrected chi connectivity index (χ1v) is 11.2. The zero-order valence-corrected chi connectivity index (χ0v) is 17.2. The Bertz CT molecular complexity index is 804. The molecule has 1 amide bonds. The number of fused-ring (bicyclic) bond motifs is 1. The van der Waals surface area contributed by atoms with Gasteiger partial charge in [0.05, 0.1) is 22.0 Å². The van der Waals surface area contributed by atoms with Crippen LogP contribution in [0.5, 0.6) is 0 Å². The predicted octanol–water partition coefficient (Wildman–Crippen LogP) is 1.94. The number of carboxylic acid groups (broad SMARTS) is 1. The predicted molar refractivity (Wildman–Crippen MR) is 108 cm³/mol. The maximum absolute atomic E-state index is 12.4. The Morgan fingerprint density at radius 1 is 1.46 bits per heavy atom. The summed E-state index contributed by atoms with van der Waals surface area (Å²) < 4.78 is 0.696. The Labute approximate surface area is 172 Å². The summed E-state index contributed by atoms with van der Waals surface area (Å²) in [6.07, 6.45) is 2.52. The minimum atomic E-state index is -1.07. The van der Waals surface area contributed by atoms with Crippen LogP contribution < -0.4 is 0 Å². The number of carbonyl (C=O) groups is 2. The van der Waals surface area contributed by atoms with Crippen molar-refractivity contribution in [3.8, 4) is 0 Å². The van der Waals surface area contributed by atoms with Gasteiger partial charge in [-0.25, -0.2) is 4.79 Å². The van der Waals surface area contributed by atoms with E-state index in [2.05, 4.69) is 9.88 Å². The fourth-order valence-corrected chi connectivity index (χ4v) is 7.22. The number of aliphatic hydroxyl groups excluding tert-OH is 1. The Balaban J connectivity index is 1.42. The van der Waals surface area contributed by atoms with Gasteiger partial charge in [0, 0.05) is 24.5 Å². The topological polar surface area (TPSA) is 94.0 Å². The molecule has 28 heavy (non-hydrogen) atoms. The lowest BCUT2D eigenvalue weighted by molar-refractivity contribution is -0.157. The molecular weight excluding hydrogens is 398 g/mol. The van der Waals surface area contributed by atoms with E-state index >= 15 is 0 Å². The number of nitrogens with zero attached hydrogens (tertiary/aromatic N) is 3. The zero-order chi connectivity index (χ0) is 19.8. The summed E-state index contributed by atoms with van der Waals surface area (Å²) in [7, 11) is 0. The molecule has 4 heterocycles. The van der Waals surface area contributed by atoms with Crippen LogP contribution in [-0.2, 0) is 16.1 Å². The van der Waals surface area contributed by atoms with Gasteiger partial charge >= 0.3 is 5.97 Å². The molecule has 1 aromatic rings. The van der Waals surface area contributed by atoms with Gasteiger partial charge in [-0.1, -0.05) is 24.8 Å². The fourth-order valence-electron chi connectivity index (χ4n) is 3.91. The molecule has 2 N–H and O–H groups in total. The van der Waals surface area contributed by atoms with E-state index in [9.17, 15) is 19.8 Å². The lowest BCUT2D eigenvalue weighted by atomic mass is 9.90. The van der Waals surface area contributed by atoms with Crippen LogP contribution in [0.3, 0.4) is 0 Å². The first kappa shape index (κ1) is 19.8. The van der Waals surface area contributed by atoms with Crippen molar-refractivity contribution < 1.29 is 19.8 Å². The van der Waals surface area contributed by atoms with Crippen molar-refractivity contribution in [3.05, 3.63) is 40.0 Å². The maximum atomic E-state index is 12.4. The average Bonchev–Trinajstić information content (AvgIpc) is 3.25. The van der Waals surface area contributed by atoms with Gasteiger partial charge in [0.15, 0.2) is 5.70 Å². The number of β-lactam (4-membered cyclic amide) rings is 1. The van der Waals surface area contributed by atoms with E-state index in [1.54, 1.807) is 18.0 Å². The number of rotatable bonds is 7. The van der Waals surface area contributed by atoms with E-state index in [1.807, 2.05) is 25.1 Å². The van der Waals surface area contributed by atoms with Gasteiger partial charge in [-0.3, -0.25) is 19.6 Å². The first-order chi connectivity index (χ1) is 13.5. The van der Waals surface area contributed by atoms with Crippen LogP contribution in [0.25, 0.3) is 0 Å². The molecule has 0 aliphatic carbocycles. The highest BCUT2D eigenvalue weighted by atomic mass is 32.2. The van der Waals surface area contributed by atoms with E-state index in [0.717, 1.165) is 31.7 Å². The molecule has 0 saturated carbocycles.